The number of nitrogens with two attached hydrogens (primary N) is 1. The number of benzene rings is 2. The molecule has 5 heteroatoms. The summed E-state index contributed by atoms with van der Waals surface area (Å²) in [6.45, 7) is 4.11. The Bertz CT molecular complexity index is 707. The number of hydrogen-bond donors (Lipinski definition) is 2. The van der Waals surface area contributed by atoms with Gasteiger partial charge in [-0.3, -0.25) is 4.72 Å². The largest absolute Gasteiger partial charge is 0.326 e. The van der Waals surface area contributed by atoms with Gasteiger partial charge in [-0.25, -0.2) is 8.42 Å². The van der Waals surface area contributed by atoms with Crippen molar-refractivity contribution in [3.05, 3.63) is 59.2 Å². The van der Waals surface area contributed by atoms with Crippen LogP contribution in [0.4, 0.5) is 5.69 Å². The maximum Gasteiger partial charge on any atom is 0.262 e. The van der Waals surface area contributed by atoms with Gasteiger partial charge in [0.2, 0.25) is 0 Å². The smallest absolute Gasteiger partial charge is 0.262 e. The minimum atomic E-state index is -3.57. The van der Waals surface area contributed by atoms with Gasteiger partial charge in [0.25, 0.3) is 10.0 Å². The van der Waals surface area contributed by atoms with Crippen LogP contribution in [0.2, 0.25) is 0 Å². The van der Waals surface area contributed by atoms with Crippen LogP contribution in [0, 0.1) is 13.8 Å². The maximum absolute atomic E-state index is 12.4. The second-order valence-electron chi connectivity index (χ2n) is 4.78. The molecular weight excluding hydrogens is 272 g/mol. The van der Waals surface area contributed by atoms with Gasteiger partial charge in [0, 0.05) is 12.2 Å². The third-order valence-corrected chi connectivity index (χ3v) is 4.61. The van der Waals surface area contributed by atoms with E-state index in [1.807, 2.05) is 19.1 Å². The Morgan fingerprint density at radius 2 is 1.70 bits per heavy atom. The molecule has 0 aliphatic carbocycles. The van der Waals surface area contributed by atoms with Crippen LogP contribution in [0.25, 0.3) is 0 Å². The highest BCUT2D eigenvalue weighted by Gasteiger charge is 2.16. The van der Waals surface area contributed by atoms with E-state index in [2.05, 4.69) is 4.72 Å². The molecule has 0 aliphatic heterocycles. The number of anilines is 1. The van der Waals surface area contributed by atoms with E-state index in [9.17, 15) is 8.42 Å². The molecule has 2 aromatic rings. The van der Waals surface area contributed by atoms with Gasteiger partial charge in [0.1, 0.15) is 0 Å². The van der Waals surface area contributed by atoms with Crippen LogP contribution < -0.4 is 10.5 Å². The molecule has 0 spiro atoms. The second-order valence-corrected chi connectivity index (χ2v) is 6.43. The Balaban J connectivity index is 2.33. The number of sulfonamides is 1. The Kier molecular flexibility index (Phi) is 4.11. The van der Waals surface area contributed by atoms with Crippen molar-refractivity contribution in [2.24, 2.45) is 5.73 Å². The lowest BCUT2D eigenvalue weighted by molar-refractivity contribution is 0.600. The molecule has 0 heterocycles. The SMILES string of the molecule is Cc1ccc(NS(=O)(=O)c2ccc(CN)cc2C)cc1. The van der Waals surface area contributed by atoms with Gasteiger partial charge in [-0.15, -0.1) is 0 Å². The minimum Gasteiger partial charge on any atom is -0.326 e. The van der Waals surface area contributed by atoms with Gasteiger partial charge < -0.3 is 5.73 Å². The third-order valence-electron chi connectivity index (χ3n) is 3.07. The van der Waals surface area contributed by atoms with E-state index in [4.69, 9.17) is 5.73 Å². The van der Waals surface area contributed by atoms with Crippen LogP contribution in [-0.4, -0.2) is 8.42 Å². The van der Waals surface area contributed by atoms with E-state index in [0.717, 1.165) is 11.1 Å². The van der Waals surface area contributed by atoms with Gasteiger partial charge >= 0.3 is 0 Å². The lowest BCUT2D eigenvalue weighted by Gasteiger charge is -2.11. The van der Waals surface area contributed by atoms with E-state index < -0.39 is 10.0 Å². The van der Waals surface area contributed by atoms with Gasteiger partial charge in [0.15, 0.2) is 0 Å². The van der Waals surface area contributed by atoms with Crippen molar-refractivity contribution in [2.45, 2.75) is 25.3 Å². The van der Waals surface area contributed by atoms with Crippen LogP contribution in [0.1, 0.15) is 16.7 Å². The summed E-state index contributed by atoms with van der Waals surface area (Å²) in [5.41, 5.74) is 8.79. The van der Waals surface area contributed by atoms with Crippen molar-refractivity contribution in [3.63, 3.8) is 0 Å². The number of rotatable bonds is 4. The fraction of sp³-hybridized carbons (Fsp3) is 0.200. The van der Waals surface area contributed by atoms with Crippen molar-refractivity contribution in [1.82, 2.24) is 0 Å². The molecule has 0 radical (unpaired) electrons. The predicted octanol–water partition coefficient (Wildman–Crippen LogP) is 2.56. The molecule has 0 bridgehead atoms. The number of nitrogens with one attached hydrogen (secondary N) is 1. The summed E-state index contributed by atoms with van der Waals surface area (Å²) in [4.78, 5) is 0.273. The summed E-state index contributed by atoms with van der Waals surface area (Å²) < 4.78 is 27.3. The van der Waals surface area contributed by atoms with Crippen molar-refractivity contribution in [3.8, 4) is 0 Å². The van der Waals surface area contributed by atoms with Crippen LogP contribution in [-0.2, 0) is 16.6 Å². The summed E-state index contributed by atoms with van der Waals surface area (Å²) >= 11 is 0. The van der Waals surface area contributed by atoms with E-state index in [1.165, 1.54) is 0 Å². The Morgan fingerprint density at radius 1 is 1.05 bits per heavy atom. The maximum atomic E-state index is 12.4. The fourth-order valence-corrected chi connectivity index (χ4v) is 3.26. The minimum absolute atomic E-state index is 0.273. The monoisotopic (exact) mass is 290 g/mol. The molecular formula is C15H18N2O2S. The van der Waals surface area contributed by atoms with E-state index in [1.54, 1.807) is 37.3 Å². The third kappa shape index (κ3) is 3.18. The molecule has 106 valence electrons. The predicted molar refractivity (Wildman–Crippen MR) is 81.1 cm³/mol. The lowest BCUT2D eigenvalue weighted by atomic mass is 10.1. The fourth-order valence-electron chi connectivity index (χ4n) is 1.97. The van der Waals surface area contributed by atoms with Gasteiger partial charge in [-0.2, -0.15) is 0 Å². The molecule has 2 rings (SSSR count). The highest BCUT2D eigenvalue weighted by atomic mass is 32.2. The zero-order valence-electron chi connectivity index (χ0n) is 11.6. The Morgan fingerprint density at radius 3 is 2.25 bits per heavy atom. The molecule has 0 saturated carbocycles. The van der Waals surface area contributed by atoms with Gasteiger partial charge in [-0.05, 0) is 43.2 Å². The molecule has 3 N–H and O–H groups in total. The Labute approximate surface area is 119 Å². The first kappa shape index (κ1) is 14.6. The van der Waals surface area contributed by atoms with Gasteiger partial charge in [-0.1, -0.05) is 29.8 Å². The molecule has 0 aromatic heterocycles. The molecule has 0 fully saturated rings. The second kappa shape index (κ2) is 5.64. The molecule has 20 heavy (non-hydrogen) atoms. The highest BCUT2D eigenvalue weighted by molar-refractivity contribution is 7.92. The normalized spacial score (nSPS) is 11.3. The van der Waals surface area contributed by atoms with E-state index in [0.29, 0.717) is 17.8 Å². The first-order valence-corrected chi connectivity index (χ1v) is 7.80. The first-order chi connectivity index (χ1) is 9.42. The molecule has 2 aromatic carbocycles. The van der Waals surface area contributed by atoms with Crippen molar-refractivity contribution in [1.29, 1.82) is 0 Å². The molecule has 0 unspecified atom stereocenters. The number of hydrogen-bond acceptors (Lipinski definition) is 3. The molecule has 4 nitrogen and oxygen atoms in total. The van der Waals surface area contributed by atoms with Crippen LogP contribution in [0.3, 0.4) is 0 Å². The van der Waals surface area contributed by atoms with Crippen molar-refractivity contribution < 1.29 is 8.42 Å². The summed E-state index contributed by atoms with van der Waals surface area (Å²) in [6.07, 6.45) is 0. The summed E-state index contributed by atoms with van der Waals surface area (Å²) in [5, 5.41) is 0. The van der Waals surface area contributed by atoms with Crippen LogP contribution in [0.5, 0.6) is 0 Å². The zero-order chi connectivity index (χ0) is 14.8. The molecule has 0 amide bonds. The zero-order valence-corrected chi connectivity index (χ0v) is 12.4. The standard InChI is InChI=1S/C15H18N2O2S/c1-11-3-6-14(7-4-11)17-20(18,19)15-8-5-13(10-16)9-12(15)2/h3-9,17H,10,16H2,1-2H3. The van der Waals surface area contributed by atoms with Crippen molar-refractivity contribution >= 4 is 15.7 Å². The summed E-state index contributed by atoms with van der Waals surface area (Å²) in [5.74, 6) is 0. The van der Waals surface area contributed by atoms with Gasteiger partial charge in [0.05, 0.1) is 4.90 Å². The van der Waals surface area contributed by atoms with Crippen LogP contribution >= 0.6 is 0 Å². The van der Waals surface area contributed by atoms with E-state index in [-0.39, 0.29) is 4.90 Å². The lowest BCUT2D eigenvalue weighted by Crippen LogP contribution is -2.14. The quantitative estimate of drug-likeness (QED) is 0.909. The molecule has 0 aliphatic rings. The highest BCUT2D eigenvalue weighted by Crippen LogP contribution is 2.20. The van der Waals surface area contributed by atoms with Crippen LogP contribution in [0.15, 0.2) is 47.4 Å². The molecule has 0 saturated heterocycles. The number of aryl methyl sites for hydroxylation is 2. The summed E-state index contributed by atoms with van der Waals surface area (Å²) in [6, 6.07) is 12.3. The van der Waals surface area contributed by atoms with Crippen molar-refractivity contribution in [2.75, 3.05) is 4.72 Å². The first-order valence-electron chi connectivity index (χ1n) is 6.31. The average molecular weight is 290 g/mol. The average Bonchev–Trinajstić information content (AvgIpc) is 2.40. The summed E-state index contributed by atoms with van der Waals surface area (Å²) in [7, 11) is -3.57. The molecule has 0 atom stereocenters. The van der Waals surface area contributed by atoms with E-state index >= 15 is 0 Å². The topological polar surface area (TPSA) is 72.2 Å². The Hall–Kier alpha value is -1.85.